The number of aromatic nitrogens is 2. The number of halogens is 1. The summed E-state index contributed by atoms with van der Waals surface area (Å²) < 4.78 is 13.2. The Balaban J connectivity index is 1.94. The van der Waals surface area contributed by atoms with Crippen LogP contribution in [0.4, 0.5) is 10.3 Å². The van der Waals surface area contributed by atoms with Gasteiger partial charge in [0.2, 0.25) is 5.95 Å². The predicted octanol–water partition coefficient (Wildman–Crippen LogP) is 3.50. The molecule has 2 heterocycles. The summed E-state index contributed by atoms with van der Waals surface area (Å²) in [5.74, 6) is 0.369. The summed E-state index contributed by atoms with van der Waals surface area (Å²) in [6.45, 7) is 5.33. The Labute approximate surface area is 141 Å². The van der Waals surface area contributed by atoms with Gasteiger partial charge in [0.1, 0.15) is 11.6 Å². The molecule has 0 aliphatic carbocycles. The molecule has 1 aromatic heterocycles. The van der Waals surface area contributed by atoms with Gasteiger partial charge in [0.15, 0.2) is 0 Å². The lowest BCUT2D eigenvalue weighted by atomic mass is 9.74. The molecule has 1 unspecified atom stereocenters. The van der Waals surface area contributed by atoms with Crippen LogP contribution >= 0.6 is 0 Å². The number of hydrogen-bond donors (Lipinski definition) is 0. The fourth-order valence-electron chi connectivity index (χ4n) is 3.19. The highest BCUT2D eigenvalue weighted by Crippen LogP contribution is 2.33. The van der Waals surface area contributed by atoms with E-state index in [4.69, 9.17) is 0 Å². The molecule has 0 spiro atoms. The number of nitrogens with zero attached hydrogens (tertiary/aromatic N) is 3. The second-order valence-electron chi connectivity index (χ2n) is 6.51. The van der Waals surface area contributed by atoms with Crippen molar-refractivity contribution in [2.45, 2.75) is 38.5 Å². The molecule has 0 radical (unpaired) electrons. The Bertz CT molecular complexity index is 708. The van der Waals surface area contributed by atoms with E-state index in [0.717, 1.165) is 37.1 Å². The van der Waals surface area contributed by atoms with Crippen LogP contribution in [-0.2, 0) is 10.2 Å². The van der Waals surface area contributed by atoms with Gasteiger partial charge in [-0.3, -0.25) is 4.79 Å². The number of anilines is 1. The van der Waals surface area contributed by atoms with Crippen molar-refractivity contribution in [2.24, 2.45) is 0 Å². The molecular weight excluding hydrogens is 305 g/mol. The number of hydrogen-bond acceptors (Lipinski definition) is 4. The molecule has 0 bridgehead atoms. The molecule has 1 aliphatic rings. The van der Waals surface area contributed by atoms with Crippen LogP contribution in [0.25, 0.3) is 0 Å². The first kappa shape index (κ1) is 16.6. The minimum absolute atomic E-state index is 0.0246. The van der Waals surface area contributed by atoms with Crippen LogP contribution in [0.2, 0.25) is 0 Å². The Hall–Kier alpha value is -2.30. The largest absolute Gasteiger partial charge is 0.341 e. The van der Waals surface area contributed by atoms with Crippen molar-refractivity contribution >= 4 is 11.7 Å². The van der Waals surface area contributed by atoms with Crippen LogP contribution in [0.5, 0.6) is 0 Å². The Morgan fingerprint density at radius 2 is 1.62 bits per heavy atom. The van der Waals surface area contributed by atoms with Gasteiger partial charge in [-0.2, -0.15) is 0 Å². The minimum atomic E-state index is -0.881. The van der Waals surface area contributed by atoms with Gasteiger partial charge < -0.3 is 4.90 Å². The third-order valence-corrected chi connectivity index (χ3v) is 4.98. The molecule has 1 aromatic carbocycles. The van der Waals surface area contributed by atoms with Gasteiger partial charge in [-0.05, 0) is 50.8 Å². The summed E-state index contributed by atoms with van der Waals surface area (Å²) in [4.78, 5) is 23.5. The Morgan fingerprint density at radius 3 is 2.17 bits per heavy atom. The van der Waals surface area contributed by atoms with Crippen LogP contribution in [0.15, 0.2) is 36.7 Å². The molecule has 2 aromatic rings. The number of benzene rings is 1. The van der Waals surface area contributed by atoms with E-state index < -0.39 is 5.41 Å². The van der Waals surface area contributed by atoms with Gasteiger partial charge in [0.25, 0.3) is 0 Å². The van der Waals surface area contributed by atoms with Gasteiger partial charge in [-0.1, -0.05) is 12.1 Å². The number of piperidine rings is 1. The van der Waals surface area contributed by atoms with E-state index in [1.54, 1.807) is 31.5 Å². The molecule has 0 N–H and O–H groups in total. The van der Waals surface area contributed by atoms with Crippen molar-refractivity contribution in [3.63, 3.8) is 0 Å². The first-order valence-electron chi connectivity index (χ1n) is 8.36. The molecule has 1 fully saturated rings. The number of ketones is 1. The van der Waals surface area contributed by atoms with E-state index in [1.165, 1.54) is 18.6 Å². The van der Waals surface area contributed by atoms with Crippen LogP contribution in [0.1, 0.15) is 44.2 Å². The lowest BCUT2D eigenvalue weighted by Crippen LogP contribution is -2.34. The SMILES string of the molecule is CC(=O)C(C)(c1ccc(F)cc1)c1cnc(N2CCCCC2)nc1. The second kappa shape index (κ2) is 6.67. The minimum Gasteiger partial charge on any atom is -0.341 e. The number of carbonyl (C=O) groups is 1. The molecular formula is C19H22FN3O. The molecule has 126 valence electrons. The van der Waals surface area contributed by atoms with E-state index in [9.17, 15) is 9.18 Å². The van der Waals surface area contributed by atoms with Crippen molar-refractivity contribution in [3.05, 3.63) is 53.6 Å². The number of Topliss-reactive ketones (excluding diaryl/α,β-unsaturated/α-hetero) is 1. The molecule has 5 heteroatoms. The molecule has 4 nitrogen and oxygen atoms in total. The molecule has 24 heavy (non-hydrogen) atoms. The third-order valence-electron chi connectivity index (χ3n) is 4.98. The van der Waals surface area contributed by atoms with E-state index in [0.29, 0.717) is 5.95 Å². The van der Waals surface area contributed by atoms with Gasteiger partial charge in [-0.15, -0.1) is 0 Å². The molecule has 3 rings (SSSR count). The smallest absolute Gasteiger partial charge is 0.225 e. The van der Waals surface area contributed by atoms with Crippen LogP contribution in [-0.4, -0.2) is 28.8 Å². The van der Waals surface area contributed by atoms with Crippen LogP contribution in [0.3, 0.4) is 0 Å². The fraction of sp³-hybridized carbons (Fsp3) is 0.421. The lowest BCUT2D eigenvalue weighted by Gasteiger charge is -2.29. The zero-order valence-corrected chi connectivity index (χ0v) is 14.1. The normalized spacial score (nSPS) is 17.4. The monoisotopic (exact) mass is 327 g/mol. The molecule has 1 aliphatic heterocycles. The topological polar surface area (TPSA) is 46.1 Å². The highest BCUT2D eigenvalue weighted by Gasteiger charge is 2.35. The summed E-state index contributed by atoms with van der Waals surface area (Å²) in [6.07, 6.45) is 7.02. The van der Waals surface area contributed by atoms with Crippen molar-refractivity contribution < 1.29 is 9.18 Å². The highest BCUT2D eigenvalue weighted by atomic mass is 19.1. The van der Waals surface area contributed by atoms with Crippen LogP contribution in [0, 0.1) is 5.82 Å². The highest BCUT2D eigenvalue weighted by molar-refractivity contribution is 5.91. The van der Waals surface area contributed by atoms with Gasteiger partial charge in [-0.25, -0.2) is 14.4 Å². The standard InChI is InChI=1S/C19H22FN3O/c1-14(24)19(2,15-6-8-17(20)9-7-15)16-12-21-18(22-13-16)23-10-4-3-5-11-23/h6-9,12-13H,3-5,10-11H2,1-2H3. The van der Waals surface area contributed by atoms with Crippen LogP contribution < -0.4 is 4.90 Å². The van der Waals surface area contributed by atoms with Crippen molar-refractivity contribution in [1.29, 1.82) is 0 Å². The molecule has 0 saturated carbocycles. The van der Waals surface area contributed by atoms with E-state index in [2.05, 4.69) is 14.9 Å². The molecule has 1 atom stereocenters. The summed E-state index contributed by atoms with van der Waals surface area (Å²) in [5.41, 5.74) is 0.585. The van der Waals surface area contributed by atoms with E-state index in [-0.39, 0.29) is 11.6 Å². The Kier molecular flexibility index (Phi) is 4.60. The van der Waals surface area contributed by atoms with Gasteiger partial charge >= 0.3 is 0 Å². The lowest BCUT2D eigenvalue weighted by molar-refractivity contribution is -0.120. The van der Waals surface area contributed by atoms with E-state index >= 15 is 0 Å². The average Bonchev–Trinajstić information content (AvgIpc) is 2.62. The van der Waals surface area contributed by atoms with Crippen molar-refractivity contribution in [2.75, 3.05) is 18.0 Å². The van der Waals surface area contributed by atoms with Crippen molar-refractivity contribution in [3.8, 4) is 0 Å². The van der Waals surface area contributed by atoms with Crippen molar-refractivity contribution in [1.82, 2.24) is 9.97 Å². The molecule has 1 saturated heterocycles. The summed E-state index contributed by atoms with van der Waals surface area (Å²) in [5, 5.41) is 0. The summed E-state index contributed by atoms with van der Waals surface area (Å²) in [7, 11) is 0. The average molecular weight is 327 g/mol. The first-order chi connectivity index (χ1) is 11.5. The number of rotatable bonds is 4. The first-order valence-corrected chi connectivity index (χ1v) is 8.36. The number of carbonyl (C=O) groups excluding carboxylic acids is 1. The maximum absolute atomic E-state index is 13.2. The molecule has 0 amide bonds. The maximum Gasteiger partial charge on any atom is 0.225 e. The quantitative estimate of drug-likeness (QED) is 0.862. The van der Waals surface area contributed by atoms with E-state index in [1.807, 2.05) is 6.92 Å². The zero-order valence-electron chi connectivity index (χ0n) is 14.1. The predicted molar refractivity (Wildman–Crippen MR) is 91.6 cm³/mol. The second-order valence-corrected chi connectivity index (χ2v) is 6.51. The van der Waals surface area contributed by atoms with Gasteiger partial charge in [0, 0.05) is 31.0 Å². The third kappa shape index (κ3) is 3.03. The summed E-state index contributed by atoms with van der Waals surface area (Å²) in [6, 6.07) is 6.05. The summed E-state index contributed by atoms with van der Waals surface area (Å²) >= 11 is 0. The fourth-order valence-corrected chi connectivity index (χ4v) is 3.19. The van der Waals surface area contributed by atoms with Gasteiger partial charge in [0.05, 0.1) is 5.41 Å². The maximum atomic E-state index is 13.2. The zero-order chi connectivity index (χ0) is 17.2. The Morgan fingerprint density at radius 1 is 1.04 bits per heavy atom.